The van der Waals surface area contributed by atoms with Crippen LogP contribution >= 0.6 is 0 Å². The molecule has 0 aliphatic heterocycles. The number of hydrogen-bond acceptors (Lipinski definition) is 2. The Bertz CT molecular complexity index is 139. The summed E-state index contributed by atoms with van der Waals surface area (Å²) >= 11 is 0. The van der Waals surface area contributed by atoms with Gasteiger partial charge in [-0.1, -0.05) is 46.0 Å². The Morgan fingerprint density at radius 1 is 0.882 bits per heavy atom. The van der Waals surface area contributed by atoms with Gasteiger partial charge in [0.15, 0.2) is 0 Å². The smallest absolute Gasteiger partial charge is 0.0466 e. The second kappa shape index (κ2) is 14.0. The van der Waals surface area contributed by atoms with Crippen LogP contribution < -0.4 is 5.32 Å². The van der Waals surface area contributed by atoms with Gasteiger partial charge in [0.25, 0.3) is 0 Å². The average molecular weight is 243 g/mol. The summed E-state index contributed by atoms with van der Waals surface area (Å²) in [7, 11) is 0. The fourth-order valence-electron chi connectivity index (χ4n) is 2.03. The first kappa shape index (κ1) is 16.9. The van der Waals surface area contributed by atoms with Gasteiger partial charge in [0.1, 0.15) is 0 Å². The first-order valence-electron chi connectivity index (χ1n) is 7.62. The largest absolute Gasteiger partial charge is 0.381 e. The highest BCUT2D eigenvalue weighted by Crippen LogP contribution is 2.05. The van der Waals surface area contributed by atoms with Crippen LogP contribution in [0.5, 0.6) is 0 Å². The van der Waals surface area contributed by atoms with Gasteiger partial charge in [0.05, 0.1) is 0 Å². The Hall–Kier alpha value is -0.0800. The van der Waals surface area contributed by atoms with Crippen LogP contribution in [0.4, 0.5) is 0 Å². The molecule has 0 bridgehead atoms. The Morgan fingerprint density at radius 3 is 2.24 bits per heavy atom. The lowest BCUT2D eigenvalue weighted by Gasteiger charge is -2.11. The molecule has 0 aromatic rings. The van der Waals surface area contributed by atoms with Gasteiger partial charge in [-0.3, -0.25) is 0 Å². The molecule has 0 aromatic heterocycles. The number of unbranched alkanes of at least 4 members (excludes halogenated alkanes) is 5. The van der Waals surface area contributed by atoms with Crippen LogP contribution in [0, 0.1) is 0 Å². The molecule has 0 spiro atoms. The first-order chi connectivity index (χ1) is 8.31. The molecule has 0 fully saturated rings. The maximum absolute atomic E-state index is 5.64. The third-order valence-electron chi connectivity index (χ3n) is 3.12. The summed E-state index contributed by atoms with van der Waals surface area (Å²) in [6.45, 7) is 9.63. The third-order valence-corrected chi connectivity index (χ3v) is 3.12. The van der Waals surface area contributed by atoms with Gasteiger partial charge in [-0.15, -0.1) is 0 Å². The minimum Gasteiger partial charge on any atom is -0.381 e. The van der Waals surface area contributed by atoms with Crippen molar-refractivity contribution in [1.82, 2.24) is 5.32 Å². The second-order valence-corrected chi connectivity index (χ2v) is 4.98. The van der Waals surface area contributed by atoms with E-state index in [9.17, 15) is 0 Å². The maximum atomic E-state index is 5.64. The Balaban J connectivity index is 2.98. The van der Waals surface area contributed by atoms with Crippen molar-refractivity contribution in [2.45, 2.75) is 78.2 Å². The van der Waals surface area contributed by atoms with E-state index < -0.39 is 0 Å². The molecule has 0 aliphatic rings. The topological polar surface area (TPSA) is 21.3 Å². The standard InChI is InChI=1S/C15H33NO/c1-4-6-7-8-9-10-13-17-14-11-12-15(3)16-5-2/h15-16H,4-14H2,1-3H3. The monoisotopic (exact) mass is 243 g/mol. The average Bonchev–Trinajstić information content (AvgIpc) is 2.32. The molecule has 17 heavy (non-hydrogen) atoms. The van der Waals surface area contributed by atoms with E-state index in [0.717, 1.165) is 19.8 Å². The predicted molar refractivity (Wildman–Crippen MR) is 76.6 cm³/mol. The summed E-state index contributed by atoms with van der Waals surface area (Å²) in [5.41, 5.74) is 0. The molecule has 1 atom stereocenters. The summed E-state index contributed by atoms with van der Waals surface area (Å²) < 4.78 is 5.64. The van der Waals surface area contributed by atoms with Crippen LogP contribution in [-0.4, -0.2) is 25.8 Å². The van der Waals surface area contributed by atoms with E-state index >= 15 is 0 Å². The number of rotatable bonds is 13. The molecule has 0 aliphatic carbocycles. The number of hydrogen-bond donors (Lipinski definition) is 1. The summed E-state index contributed by atoms with van der Waals surface area (Å²) in [4.78, 5) is 0. The van der Waals surface area contributed by atoms with E-state index in [-0.39, 0.29) is 0 Å². The van der Waals surface area contributed by atoms with Gasteiger partial charge < -0.3 is 10.1 Å². The van der Waals surface area contributed by atoms with Gasteiger partial charge in [-0.05, 0) is 32.7 Å². The number of ether oxygens (including phenoxy) is 1. The summed E-state index contributed by atoms with van der Waals surface area (Å²) in [6, 6.07) is 0.637. The molecule has 0 aromatic carbocycles. The molecule has 0 radical (unpaired) electrons. The van der Waals surface area contributed by atoms with Crippen molar-refractivity contribution >= 4 is 0 Å². The van der Waals surface area contributed by atoms with Crippen molar-refractivity contribution < 1.29 is 4.74 Å². The van der Waals surface area contributed by atoms with E-state index in [2.05, 4.69) is 26.1 Å². The predicted octanol–water partition coefficient (Wildman–Crippen LogP) is 4.14. The Labute approximate surface area is 109 Å². The molecule has 1 N–H and O–H groups in total. The third kappa shape index (κ3) is 13.9. The molecular weight excluding hydrogens is 210 g/mol. The molecule has 2 heteroatoms. The van der Waals surface area contributed by atoms with Gasteiger partial charge in [-0.25, -0.2) is 0 Å². The first-order valence-corrected chi connectivity index (χ1v) is 7.62. The molecule has 0 saturated heterocycles. The zero-order valence-corrected chi connectivity index (χ0v) is 12.3. The molecule has 0 amide bonds. The quantitative estimate of drug-likeness (QED) is 0.491. The second-order valence-electron chi connectivity index (χ2n) is 4.98. The zero-order chi connectivity index (χ0) is 12.8. The van der Waals surface area contributed by atoms with E-state index in [1.807, 2.05) is 0 Å². The number of nitrogens with one attached hydrogen (secondary N) is 1. The van der Waals surface area contributed by atoms with Gasteiger partial charge in [0.2, 0.25) is 0 Å². The van der Waals surface area contributed by atoms with Crippen molar-refractivity contribution in [1.29, 1.82) is 0 Å². The molecule has 0 heterocycles. The highest BCUT2D eigenvalue weighted by molar-refractivity contribution is 4.58. The minimum atomic E-state index is 0.637. The van der Waals surface area contributed by atoms with Crippen LogP contribution in [0.15, 0.2) is 0 Å². The summed E-state index contributed by atoms with van der Waals surface area (Å²) in [5, 5.41) is 3.42. The highest BCUT2D eigenvalue weighted by Gasteiger charge is 1.98. The van der Waals surface area contributed by atoms with Crippen molar-refractivity contribution in [2.75, 3.05) is 19.8 Å². The fourth-order valence-corrected chi connectivity index (χ4v) is 2.03. The molecule has 1 unspecified atom stereocenters. The summed E-state index contributed by atoms with van der Waals surface area (Å²) in [5.74, 6) is 0. The highest BCUT2D eigenvalue weighted by atomic mass is 16.5. The molecule has 104 valence electrons. The fraction of sp³-hybridized carbons (Fsp3) is 1.00. The minimum absolute atomic E-state index is 0.637. The Kier molecular flexibility index (Phi) is 13.9. The van der Waals surface area contributed by atoms with E-state index in [1.54, 1.807) is 0 Å². The molecule has 0 rings (SSSR count). The Morgan fingerprint density at radius 2 is 1.53 bits per heavy atom. The van der Waals surface area contributed by atoms with Crippen LogP contribution in [0.3, 0.4) is 0 Å². The lowest BCUT2D eigenvalue weighted by molar-refractivity contribution is 0.124. The normalized spacial score (nSPS) is 12.9. The lowest BCUT2D eigenvalue weighted by atomic mass is 10.1. The zero-order valence-electron chi connectivity index (χ0n) is 12.3. The van der Waals surface area contributed by atoms with Crippen molar-refractivity contribution in [3.8, 4) is 0 Å². The molecule has 0 saturated carbocycles. The maximum Gasteiger partial charge on any atom is 0.0466 e. The van der Waals surface area contributed by atoms with E-state index in [4.69, 9.17) is 4.74 Å². The van der Waals surface area contributed by atoms with E-state index in [0.29, 0.717) is 6.04 Å². The SMILES string of the molecule is CCCCCCCCOCCCC(C)NCC. The lowest BCUT2D eigenvalue weighted by Crippen LogP contribution is -2.25. The van der Waals surface area contributed by atoms with Crippen molar-refractivity contribution in [2.24, 2.45) is 0 Å². The van der Waals surface area contributed by atoms with Gasteiger partial charge in [0, 0.05) is 19.3 Å². The summed E-state index contributed by atoms with van der Waals surface area (Å²) in [6.07, 6.45) is 10.5. The van der Waals surface area contributed by atoms with Crippen molar-refractivity contribution in [3.05, 3.63) is 0 Å². The van der Waals surface area contributed by atoms with Crippen molar-refractivity contribution in [3.63, 3.8) is 0 Å². The van der Waals surface area contributed by atoms with E-state index in [1.165, 1.54) is 51.4 Å². The van der Waals surface area contributed by atoms with Crippen LogP contribution in [0.1, 0.15) is 72.1 Å². The van der Waals surface area contributed by atoms with Crippen LogP contribution in [0.25, 0.3) is 0 Å². The van der Waals surface area contributed by atoms with Crippen LogP contribution in [0.2, 0.25) is 0 Å². The van der Waals surface area contributed by atoms with Crippen LogP contribution in [-0.2, 0) is 4.74 Å². The molecule has 2 nitrogen and oxygen atoms in total. The molecular formula is C15H33NO. The van der Waals surface area contributed by atoms with Gasteiger partial charge in [-0.2, -0.15) is 0 Å². The van der Waals surface area contributed by atoms with Gasteiger partial charge >= 0.3 is 0 Å².